The Labute approximate surface area is 246 Å². The van der Waals surface area contributed by atoms with Crippen molar-refractivity contribution in [3.8, 4) is 22.3 Å². The Morgan fingerprint density at radius 1 is 0.500 bits per heavy atom. The molecule has 0 amide bonds. The van der Waals surface area contributed by atoms with Crippen LogP contribution in [0, 0.1) is 6.92 Å². The molecule has 0 saturated carbocycles. The van der Waals surface area contributed by atoms with Crippen LogP contribution in [0.15, 0.2) is 152 Å². The highest BCUT2D eigenvalue weighted by Crippen LogP contribution is 2.47. The molecule has 2 nitrogen and oxygen atoms in total. The van der Waals surface area contributed by atoms with Crippen LogP contribution in [-0.4, -0.2) is 0 Å². The van der Waals surface area contributed by atoms with Gasteiger partial charge in [-0.15, -0.1) is 0 Å². The van der Waals surface area contributed by atoms with Crippen molar-refractivity contribution in [3.63, 3.8) is 0 Å². The number of anilines is 3. The minimum atomic E-state index is 0.0314. The number of nitrogens with zero attached hydrogens (tertiary/aromatic N) is 1. The molecule has 1 unspecified atom stereocenters. The lowest BCUT2D eigenvalue weighted by Gasteiger charge is -2.27. The van der Waals surface area contributed by atoms with Gasteiger partial charge in [0.25, 0.3) is 0 Å². The van der Waals surface area contributed by atoms with Crippen LogP contribution in [0.2, 0.25) is 0 Å². The van der Waals surface area contributed by atoms with E-state index in [2.05, 4.69) is 169 Å². The molecule has 8 rings (SSSR count). The van der Waals surface area contributed by atoms with E-state index in [4.69, 9.17) is 0 Å². The summed E-state index contributed by atoms with van der Waals surface area (Å²) < 4.78 is 0. The van der Waals surface area contributed by atoms with Crippen molar-refractivity contribution in [3.05, 3.63) is 163 Å². The van der Waals surface area contributed by atoms with Crippen LogP contribution >= 0.6 is 0 Å². The third-order valence-corrected chi connectivity index (χ3v) is 8.51. The topological polar surface area (TPSA) is 15.3 Å². The largest absolute Gasteiger partial charge is 0.359 e. The number of rotatable bonds is 4. The molecule has 0 spiro atoms. The van der Waals surface area contributed by atoms with Crippen molar-refractivity contribution in [2.45, 2.75) is 13.1 Å². The number of benzene rings is 7. The van der Waals surface area contributed by atoms with Crippen LogP contribution in [0.3, 0.4) is 0 Å². The Balaban J connectivity index is 1.32. The van der Waals surface area contributed by atoms with E-state index in [0.717, 1.165) is 11.4 Å². The van der Waals surface area contributed by atoms with Crippen molar-refractivity contribution >= 4 is 38.6 Å². The maximum Gasteiger partial charge on any atom is 0.130 e. The molecule has 1 N–H and O–H groups in total. The molecular formula is C40H30N2. The third kappa shape index (κ3) is 3.95. The van der Waals surface area contributed by atoms with Gasteiger partial charge in [0.05, 0.1) is 11.4 Å². The zero-order chi connectivity index (χ0) is 28.0. The highest BCUT2D eigenvalue weighted by molar-refractivity contribution is 6.21. The van der Waals surface area contributed by atoms with Crippen LogP contribution in [0.4, 0.5) is 17.1 Å². The minimum Gasteiger partial charge on any atom is -0.359 e. The quantitative estimate of drug-likeness (QED) is 0.224. The zero-order valence-electron chi connectivity index (χ0n) is 23.5. The van der Waals surface area contributed by atoms with Gasteiger partial charge in [0.2, 0.25) is 0 Å². The van der Waals surface area contributed by atoms with Gasteiger partial charge in [-0.05, 0) is 80.6 Å². The van der Waals surface area contributed by atoms with Crippen LogP contribution in [0.25, 0.3) is 43.8 Å². The maximum absolute atomic E-state index is 3.75. The first-order chi connectivity index (χ1) is 20.8. The predicted molar refractivity (Wildman–Crippen MR) is 178 cm³/mol. The Morgan fingerprint density at radius 3 is 1.81 bits per heavy atom. The van der Waals surface area contributed by atoms with E-state index in [1.807, 2.05) is 0 Å². The van der Waals surface area contributed by atoms with Gasteiger partial charge in [-0.25, -0.2) is 0 Å². The molecule has 0 bridgehead atoms. The molecule has 0 radical (unpaired) electrons. The molecule has 0 aliphatic carbocycles. The van der Waals surface area contributed by atoms with E-state index in [0.29, 0.717) is 0 Å². The summed E-state index contributed by atoms with van der Waals surface area (Å²) >= 11 is 0. The number of para-hydroxylation sites is 2. The summed E-state index contributed by atoms with van der Waals surface area (Å²) in [6.45, 7) is 2.19. The molecular weight excluding hydrogens is 508 g/mol. The molecule has 0 fully saturated rings. The fraction of sp³-hybridized carbons (Fsp3) is 0.0500. The van der Waals surface area contributed by atoms with Crippen molar-refractivity contribution in [1.29, 1.82) is 0 Å². The fourth-order valence-corrected chi connectivity index (χ4v) is 6.62. The van der Waals surface area contributed by atoms with Gasteiger partial charge < -0.3 is 10.2 Å². The van der Waals surface area contributed by atoms with Crippen molar-refractivity contribution < 1.29 is 0 Å². The highest BCUT2D eigenvalue weighted by Gasteiger charge is 2.30. The van der Waals surface area contributed by atoms with Gasteiger partial charge in [-0.1, -0.05) is 133 Å². The lowest BCUT2D eigenvalue weighted by atomic mass is 9.85. The molecule has 1 aliphatic rings. The molecule has 1 atom stereocenters. The van der Waals surface area contributed by atoms with Crippen LogP contribution in [0.1, 0.15) is 17.3 Å². The number of aryl methyl sites for hydroxylation is 1. The van der Waals surface area contributed by atoms with Gasteiger partial charge >= 0.3 is 0 Å². The minimum absolute atomic E-state index is 0.0314. The first kappa shape index (κ1) is 24.5. The lowest BCUT2D eigenvalue weighted by molar-refractivity contribution is 0.828. The van der Waals surface area contributed by atoms with Crippen molar-refractivity contribution in [2.75, 3.05) is 10.2 Å². The normalized spacial score (nSPS) is 14.2. The Hall–Kier alpha value is -5.34. The smallest absolute Gasteiger partial charge is 0.130 e. The third-order valence-electron chi connectivity index (χ3n) is 8.51. The van der Waals surface area contributed by atoms with E-state index in [-0.39, 0.29) is 6.17 Å². The second-order valence-electron chi connectivity index (χ2n) is 11.1. The summed E-state index contributed by atoms with van der Waals surface area (Å²) in [5, 5.41) is 8.87. The van der Waals surface area contributed by atoms with Crippen LogP contribution in [0.5, 0.6) is 0 Å². The van der Waals surface area contributed by atoms with Gasteiger partial charge in [0, 0.05) is 5.69 Å². The number of nitrogens with one attached hydrogen (secondary N) is 1. The average Bonchev–Trinajstić information content (AvgIpc) is 3.44. The molecule has 2 heteroatoms. The monoisotopic (exact) mass is 538 g/mol. The first-order valence-corrected chi connectivity index (χ1v) is 14.6. The molecule has 0 saturated heterocycles. The summed E-state index contributed by atoms with van der Waals surface area (Å²) in [5.41, 5.74) is 11.1. The summed E-state index contributed by atoms with van der Waals surface area (Å²) in [4.78, 5) is 2.41. The first-order valence-electron chi connectivity index (χ1n) is 14.6. The lowest BCUT2D eigenvalue weighted by Crippen LogP contribution is -2.23. The Bertz CT molecular complexity index is 2060. The Kier molecular flexibility index (Phi) is 5.79. The number of hydrogen-bond acceptors (Lipinski definition) is 2. The van der Waals surface area contributed by atoms with Gasteiger partial charge in [0.15, 0.2) is 0 Å². The van der Waals surface area contributed by atoms with Crippen molar-refractivity contribution in [2.24, 2.45) is 0 Å². The fourth-order valence-electron chi connectivity index (χ4n) is 6.62. The standard InChI is InChI=1S/C40H30N2/c1-27-20-25-34-35(26-27)39(33-17-9-8-16-32(33)38(34)28-12-4-2-5-13-28)29-21-23-31(24-22-29)42-37-19-11-10-18-36(37)41-40(42)30-14-6-3-7-15-30/h2-26,40-41H,1H3. The summed E-state index contributed by atoms with van der Waals surface area (Å²) in [5.74, 6) is 0. The van der Waals surface area contributed by atoms with E-state index >= 15 is 0 Å². The zero-order valence-corrected chi connectivity index (χ0v) is 23.5. The molecule has 7 aromatic rings. The molecule has 1 heterocycles. The SMILES string of the molecule is Cc1ccc2c(-c3ccccc3)c3ccccc3c(-c3ccc(N4c5ccccc5NC4c4ccccc4)cc3)c2c1. The molecule has 200 valence electrons. The molecule has 1 aliphatic heterocycles. The van der Waals surface area contributed by atoms with E-state index in [1.165, 1.54) is 60.6 Å². The predicted octanol–water partition coefficient (Wildman–Crippen LogP) is 10.9. The van der Waals surface area contributed by atoms with Crippen LogP contribution < -0.4 is 10.2 Å². The average molecular weight is 539 g/mol. The van der Waals surface area contributed by atoms with Gasteiger partial charge in [0.1, 0.15) is 6.17 Å². The molecule has 42 heavy (non-hydrogen) atoms. The second-order valence-corrected chi connectivity index (χ2v) is 11.1. The maximum atomic E-state index is 3.75. The van der Waals surface area contributed by atoms with Crippen molar-refractivity contribution in [1.82, 2.24) is 0 Å². The van der Waals surface area contributed by atoms with Gasteiger partial charge in [-0.3, -0.25) is 0 Å². The van der Waals surface area contributed by atoms with E-state index < -0.39 is 0 Å². The summed E-state index contributed by atoms with van der Waals surface area (Å²) in [7, 11) is 0. The molecule has 0 aromatic heterocycles. The Morgan fingerprint density at radius 2 is 1.07 bits per heavy atom. The van der Waals surface area contributed by atoms with Crippen LogP contribution in [-0.2, 0) is 0 Å². The number of hydrogen-bond donors (Lipinski definition) is 1. The second kappa shape index (κ2) is 9.94. The van der Waals surface area contributed by atoms with E-state index in [1.54, 1.807) is 0 Å². The van der Waals surface area contributed by atoms with Gasteiger partial charge in [-0.2, -0.15) is 0 Å². The molecule has 7 aromatic carbocycles. The summed E-state index contributed by atoms with van der Waals surface area (Å²) in [6.07, 6.45) is 0.0314. The van der Waals surface area contributed by atoms with E-state index in [9.17, 15) is 0 Å². The highest BCUT2D eigenvalue weighted by atomic mass is 15.3. The number of fused-ring (bicyclic) bond motifs is 3. The summed E-state index contributed by atoms with van der Waals surface area (Å²) in [6, 6.07) is 54.9.